The van der Waals surface area contributed by atoms with E-state index in [9.17, 15) is 9.59 Å². The Bertz CT molecular complexity index is 1030. The van der Waals surface area contributed by atoms with Crippen molar-refractivity contribution in [2.24, 2.45) is 0 Å². The lowest BCUT2D eigenvalue weighted by Gasteiger charge is -2.33. The Kier molecular flexibility index (Phi) is 3.51. The normalized spacial score (nSPS) is 21.3. The van der Waals surface area contributed by atoms with E-state index in [2.05, 4.69) is 15.5 Å². The lowest BCUT2D eigenvalue weighted by molar-refractivity contribution is -0.133. The number of imide groups is 1. The van der Waals surface area contributed by atoms with Gasteiger partial charge in [0.05, 0.1) is 11.5 Å². The maximum Gasteiger partial charge on any atom is 0.325 e. The summed E-state index contributed by atoms with van der Waals surface area (Å²) in [4.78, 5) is 27.7. The average molecular weight is 382 g/mol. The summed E-state index contributed by atoms with van der Waals surface area (Å²) in [5.74, 6) is 0.855. The lowest BCUT2D eigenvalue weighted by atomic mass is 9.84. The minimum atomic E-state index is -1.11. The molecule has 9 heteroatoms. The maximum absolute atomic E-state index is 13.2. The van der Waals surface area contributed by atoms with Gasteiger partial charge < -0.3 is 14.5 Å². The molecule has 0 aliphatic carbocycles. The van der Waals surface area contributed by atoms with Crippen LogP contribution in [-0.4, -0.2) is 33.6 Å². The number of para-hydroxylation sites is 1. The molecule has 27 heavy (non-hydrogen) atoms. The zero-order chi connectivity index (χ0) is 18.4. The summed E-state index contributed by atoms with van der Waals surface area (Å²) in [6.45, 7) is 0.272. The van der Waals surface area contributed by atoms with E-state index in [0.717, 1.165) is 9.78 Å². The van der Waals surface area contributed by atoms with E-state index < -0.39 is 11.6 Å². The fourth-order valence-electron chi connectivity index (χ4n) is 3.47. The first-order valence-corrected chi connectivity index (χ1v) is 9.28. The van der Waals surface area contributed by atoms with Crippen LogP contribution in [0.2, 0.25) is 0 Å². The van der Waals surface area contributed by atoms with Crippen LogP contribution in [0.25, 0.3) is 10.8 Å². The number of fused-ring (bicyclic) bond motifs is 2. The first kappa shape index (κ1) is 16.0. The molecule has 1 spiro atoms. The Balaban J connectivity index is 1.44. The van der Waals surface area contributed by atoms with Crippen LogP contribution in [0, 0.1) is 0 Å². The summed E-state index contributed by atoms with van der Waals surface area (Å²) in [6, 6.07) is 10.5. The number of aromatic nitrogens is 2. The Morgan fingerprint density at radius 1 is 1.19 bits per heavy atom. The quantitative estimate of drug-likeness (QED) is 0.699. The minimum absolute atomic E-state index is 0.0756. The first-order valence-electron chi connectivity index (χ1n) is 8.40. The molecule has 1 N–H and O–H groups in total. The third-order valence-electron chi connectivity index (χ3n) is 4.75. The van der Waals surface area contributed by atoms with E-state index in [0.29, 0.717) is 30.2 Å². The van der Waals surface area contributed by atoms with Crippen LogP contribution in [0.3, 0.4) is 0 Å². The van der Waals surface area contributed by atoms with Gasteiger partial charge in [0.25, 0.3) is 11.8 Å². The molecule has 1 aromatic carbocycles. The van der Waals surface area contributed by atoms with Crippen molar-refractivity contribution >= 4 is 23.3 Å². The Hall–Kier alpha value is -3.20. The monoisotopic (exact) mass is 382 g/mol. The van der Waals surface area contributed by atoms with Gasteiger partial charge in [0, 0.05) is 12.0 Å². The van der Waals surface area contributed by atoms with E-state index in [-0.39, 0.29) is 18.3 Å². The minimum Gasteiger partial charge on any atom is -0.493 e. The second-order valence-corrected chi connectivity index (χ2v) is 7.25. The molecule has 0 radical (unpaired) electrons. The molecular weight excluding hydrogens is 368 g/mol. The summed E-state index contributed by atoms with van der Waals surface area (Å²) in [7, 11) is 0. The molecule has 2 aliphatic rings. The topological polar surface area (TPSA) is 97.6 Å². The number of benzene rings is 1. The highest BCUT2D eigenvalue weighted by atomic mass is 32.1. The molecule has 2 aromatic heterocycles. The number of thiophene rings is 1. The molecule has 5 rings (SSSR count). The molecule has 1 atom stereocenters. The number of carbonyl (C=O) groups is 2. The van der Waals surface area contributed by atoms with E-state index in [1.165, 1.54) is 11.3 Å². The number of hydrogen-bond acceptors (Lipinski definition) is 7. The van der Waals surface area contributed by atoms with Gasteiger partial charge in [0.2, 0.25) is 5.89 Å². The highest BCUT2D eigenvalue weighted by Crippen LogP contribution is 2.41. The number of hydrogen-bond donors (Lipinski definition) is 1. The second-order valence-electron chi connectivity index (χ2n) is 6.30. The zero-order valence-corrected chi connectivity index (χ0v) is 14.9. The number of urea groups is 1. The molecule has 8 nitrogen and oxygen atoms in total. The molecule has 136 valence electrons. The number of nitrogens with one attached hydrogen (secondary N) is 1. The van der Waals surface area contributed by atoms with Gasteiger partial charge in [-0.05, 0) is 17.5 Å². The van der Waals surface area contributed by atoms with Crippen LogP contribution >= 0.6 is 11.3 Å². The predicted octanol–water partition coefficient (Wildman–Crippen LogP) is 2.53. The van der Waals surface area contributed by atoms with Crippen molar-refractivity contribution in [2.45, 2.75) is 18.5 Å². The fourth-order valence-corrected chi connectivity index (χ4v) is 4.11. The highest BCUT2D eigenvalue weighted by Gasteiger charge is 2.55. The maximum atomic E-state index is 13.2. The van der Waals surface area contributed by atoms with Gasteiger partial charge in [0.1, 0.15) is 12.3 Å². The molecule has 1 fully saturated rings. The van der Waals surface area contributed by atoms with Crippen molar-refractivity contribution < 1.29 is 18.7 Å². The molecule has 1 unspecified atom stereocenters. The third kappa shape index (κ3) is 2.42. The molecule has 0 bridgehead atoms. The second kappa shape index (κ2) is 5.92. The van der Waals surface area contributed by atoms with Gasteiger partial charge in [-0.15, -0.1) is 21.5 Å². The Labute approximate surface area is 157 Å². The van der Waals surface area contributed by atoms with Gasteiger partial charge in [-0.25, -0.2) is 4.79 Å². The van der Waals surface area contributed by atoms with E-state index in [1.807, 2.05) is 29.6 Å². The van der Waals surface area contributed by atoms with Crippen LogP contribution in [0.1, 0.15) is 17.9 Å². The molecule has 3 amide bonds. The summed E-state index contributed by atoms with van der Waals surface area (Å²) in [5.41, 5.74) is -0.440. The summed E-state index contributed by atoms with van der Waals surface area (Å²) < 4.78 is 11.3. The Morgan fingerprint density at radius 2 is 2.07 bits per heavy atom. The van der Waals surface area contributed by atoms with Crippen LogP contribution in [0.5, 0.6) is 5.75 Å². The van der Waals surface area contributed by atoms with Crippen LogP contribution in [-0.2, 0) is 16.9 Å². The average Bonchev–Trinajstić information content (AvgIpc) is 3.40. The van der Waals surface area contributed by atoms with Crippen molar-refractivity contribution in [3.63, 3.8) is 0 Å². The largest absolute Gasteiger partial charge is 0.493 e. The number of carbonyl (C=O) groups excluding carboxylic acids is 2. The molecule has 2 aliphatic heterocycles. The van der Waals surface area contributed by atoms with Crippen molar-refractivity contribution in [2.75, 3.05) is 6.61 Å². The number of nitrogens with zero attached hydrogens (tertiary/aromatic N) is 3. The number of amides is 3. The summed E-state index contributed by atoms with van der Waals surface area (Å²) >= 11 is 1.47. The van der Waals surface area contributed by atoms with Gasteiger partial charge in [-0.3, -0.25) is 9.69 Å². The number of ether oxygens (including phenoxy) is 1. The molecule has 1 saturated heterocycles. The van der Waals surface area contributed by atoms with Gasteiger partial charge in [-0.1, -0.05) is 24.3 Å². The standard InChI is InChI=1S/C18H14N4O4S/c23-16-18(7-8-25-12-5-2-1-4-11(12)18)19-17(24)22(16)10-14-20-21-15(26-14)13-6-3-9-27-13/h1-6,9H,7-8,10H2,(H,19,24). The number of rotatable bonds is 3. The Morgan fingerprint density at radius 3 is 2.93 bits per heavy atom. The first-order chi connectivity index (χ1) is 13.2. The zero-order valence-electron chi connectivity index (χ0n) is 14.0. The van der Waals surface area contributed by atoms with Gasteiger partial charge in [-0.2, -0.15) is 0 Å². The van der Waals surface area contributed by atoms with Gasteiger partial charge in [0.15, 0.2) is 5.54 Å². The van der Waals surface area contributed by atoms with E-state index >= 15 is 0 Å². The SMILES string of the molecule is O=C1NC2(CCOc3ccccc32)C(=O)N1Cc1nnc(-c2cccs2)o1. The van der Waals surface area contributed by atoms with Gasteiger partial charge >= 0.3 is 6.03 Å². The van der Waals surface area contributed by atoms with Crippen molar-refractivity contribution in [1.29, 1.82) is 0 Å². The lowest BCUT2D eigenvalue weighted by Crippen LogP contribution is -2.47. The summed E-state index contributed by atoms with van der Waals surface area (Å²) in [6.07, 6.45) is 0.370. The molecule has 3 aromatic rings. The van der Waals surface area contributed by atoms with E-state index in [4.69, 9.17) is 9.15 Å². The van der Waals surface area contributed by atoms with E-state index in [1.54, 1.807) is 12.1 Å². The smallest absolute Gasteiger partial charge is 0.325 e. The summed E-state index contributed by atoms with van der Waals surface area (Å²) in [5, 5.41) is 12.7. The third-order valence-corrected chi connectivity index (χ3v) is 5.61. The van der Waals surface area contributed by atoms with Crippen molar-refractivity contribution in [3.8, 4) is 16.5 Å². The van der Waals surface area contributed by atoms with Crippen molar-refractivity contribution in [3.05, 3.63) is 53.2 Å². The van der Waals surface area contributed by atoms with Crippen LogP contribution in [0.4, 0.5) is 4.79 Å². The molecule has 0 saturated carbocycles. The molecule has 4 heterocycles. The van der Waals surface area contributed by atoms with Crippen molar-refractivity contribution in [1.82, 2.24) is 20.4 Å². The van der Waals surface area contributed by atoms with Crippen LogP contribution in [0.15, 0.2) is 46.2 Å². The predicted molar refractivity (Wildman–Crippen MR) is 94.9 cm³/mol. The fraction of sp³-hybridized carbons (Fsp3) is 0.222. The highest BCUT2D eigenvalue weighted by molar-refractivity contribution is 7.13. The van der Waals surface area contributed by atoms with Crippen LogP contribution < -0.4 is 10.1 Å². The molecular formula is C18H14N4O4S.